The van der Waals surface area contributed by atoms with E-state index in [0.717, 1.165) is 0 Å². The fraction of sp³-hybridized carbons (Fsp3) is 0.333. The molecule has 3 N–H and O–H groups in total. The number of nitrogens with two attached hydrogens (primary N) is 1. The second kappa shape index (κ2) is 5.17. The zero-order valence-corrected chi connectivity index (χ0v) is 7.94. The molecular weight excluding hydrogens is 191 g/mol. The van der Waals surface area contributed by atoms with Gasteiger partial charge in [0.2, 0.25) is 0 Å². The highest BCUT2D eigenvalue weighted by molar-refractivity contribution is 6.30. The summed E-state index contributed by atoms with van der Waals surface area (Å²) >= 11 is 5.71. The fourth-order valence-corrected chi connectivity index (χ4v) is 1.20. The van der Waals surface area contributed by atoms with Crippen molar-refractivity contribution in [1.82, 2.24) is 5.32 Å². The van der Waals surface area contributed by atoms with Gasteiger partial charge in [0.15, 0.2) is 0 Å². The van der Waals surface area contributed by atoms with Crippen LogP contribution in [0.25, 0.3) is 0 Å². The molecule has 0 aliphatic heterocycles. The van der Waals surface area contributed by atoms with Gasteiger partial charge in [0.25, 0.3) is 0 Å². The molecule has 1 aromatic rings. The summed E-state index contributed by atoms with van der Waals surface area (Å²) in [6.45, 7) is 1.68. The zero-order chi connectivity index (χ0) is 9.68. The summed E-state index contributed by atoms with van der Waals surface area (Å²) in [5.41, 5.74) is 5.85. The minimum Gasteiger partial charge on any atom is -0.329 e. The molecule has 13 heavy (non-hydrogen) atoms. The first-order valence-corrected chi connectivity index (χ1v) is 4.46. The normalized spacial score (nSPS) is 10.4. The van der Waals surface area contributed by atoms with Crippen LogP contribution >= 0.6 is 11.6 Å². The fourth-order valence-electron chi connectivity index (χ4n) is 1.00. The predicted octanol–water partition coefficient (Wildman–Crippen LogP) is 1.53. The highest BCUT2D eigenvalue weighted by Crippen LogP contribution is 2.14. The van der Waals surface area contributed by atoms with Crippen LogP contribution in [0.3, 0.4) is 0 Å². The van der Waals surface area contributed by atoms with Gasteiger partial charge < -0.3 is 11.1 Å². The molecule has 72 valence electrons. The van der Waals surface area contributed by atoms with Crippen LogP contribution in [-0.4, -0.2) is 13.1 Å². The van der Waals surface area contributed by atoms with E-state index < -0.39 is 0 Å². The lowest BCUT2D eigenvalue weighted by atomic mass is 10.2. The van der Waals surface area contributed by atoms with Crippen LogP contribution < -0.4 is 11.1 Å². The van der Waals surface area contributed by atoms with Gasteiger partial charge in [-0.25, -0.2) is 4.39 Å². The van der Waals surface area contributed by atoms with Gasteiger partial charge in [0.1, 0.15) is 5.82 Å². The van der Waals surface area contributed by atoms with Crippen molar-refractivity contribution in [3.05, 3.63) is 34.6 Å². The largest absolute Gasteiger partial charge is 0.329 e. The van der Waals surface area contributed by atoms with E-state index in [-0.39, 0.29) is 5.82 Å². The first-order chi connectivity index (χ1) is 6.24. The SMILES string of the molecule is NCCNCc1cc(Cl)ccc1F. The van der Waals surface area contributed by atoms with Crippen LogP contribution in [0.15, 0.2) is 18.2 Å². The third kappa shape index (κ3) is 3.30. The van der Waals surface area contributed by atoms with E-state index in [4.69, 9.17) is 17.3 Å². The van der Waals surface area contributed by atoms with Crippen molar-refractivity contribution in [1.29, 1.82) is 0 Å². The average molecular weight is 203 g/mol. The van der Waals surface area contributed by atoms with Gasteiger partial charge in [-0.05, 0) is 18.2 Å². The lowest BCUT2D eigenvalue weighted by Gasteiger charge is -2.04. The van der Waals surface area contributed by atoms with Crippen LogP contribution in [0, 0.1) is 5.82 Å². The number of nitrogens with one attached hydrogen (secondary N) is 1. The molecule has 0 aliphatic carbocycles. The summed E-state index contributed by atoms with van der Waals surface area (Å²) < 4.78 is 13.1. The molecule has 1 rings (SSSR count). The van der Waals surface area contributed by atoms with E-state index in [1.54, 1.807) is 6.07 Å². The minimum absolute atomic E-state index is 0.242. The van der Waals surface area contributed by atoms with E-state index in [1.807, 2.05) is 0 Å². The summed E-state index contributed by atoms with van der Waals surface area (Å²) in [7, 11) is 0. The average Bonchev–Trinajstić information content (AvgIpc) is 2.11. The molecule has 4 heteroatoms. The van der Waals surface area contributed by atoms with Gasteiger partial charge in [0.05, 0.1) is 0 Å². The Hall–Kier alpha value is -0.640. The monoisotopic (exact) mass is 202 g/mol. The third-order valence-electron chi connectivity index (χ3n) is 1.64. The lowest BCUT2D eigenvalue weighted by molar-refractivity contribution is 0.590. The molecule has 0 spiro atoms. The molecule has 0 fully saturated rings. The Balaban J connectivity index is 2.59. The Morgan fingerprint density at radius 3 is 2.92 bits per heavy atom. The van der Waals surface area contributed by atoms with Crippen LogP contribution in [0.5, 0.6) is 0 Å². The van der Waals surface area contributed by atoms with Crippen LogP contribution in [0.4, 0.5) is 4.39 Å². The molecule has 0 aliphatic rings. The summed E-state index contributed by atoms with van der Waals surface area (Å²) in [4.78, 5) is 0. The predicted molar refractivity (Wildman–Crippen MR) is 52.2 cm³/mol. The second-order valence-electron chi connectivity index (χ2n) is 2.70. The highest BCUT2D eigenvalue weighted by Gasteiger charge is 2.01. The Bertz CT molecular complexity index is 278. The maximum atomic E-state index is 13.1. The molecule has 0 heterocycles. The Morgan fingerprint density at radius 1 is 1.46 bits per heavy atom. The first kappa shape index (κ1) is 10.4. The molecule has 0 atom stereocenters. The molecule has 0 amide bonds. The quantitative estimate of drug-likeness (QED) is 0.727. The molecule has 0 saturated carbocycles. The molecule has 0 unspecified atom stereocenters. The molecule has 0 aromatic heterocycles. The van der Waals surface area contributed by atoms with Gasteiger partial charge in [-0.15, -0.1) is 0 Å². The second-order valence-corrected chi connectivity index (χ2v) is 3.14. The number of benzene rings is 1. The summed E-state index contributed by atoms with van der Waals surface area (Å²) in [6, 6.07) is 4.51. The van der Waals surface area contributed by atoms with E-state index in [2.05, 4.69) is 5.32 Å². The molecule has 0 saturated heterocycles. The van der Waals surface area contributed by atoms with Gasteiger partial charge >= 0.3 is 0 Å². The van der Waals surface area contributed by atoms with Crippen molar-refractivity contribution in [3.8, 4) is 0 Å². The van der Waals surface area contributed by atoms with Gasteiger partial charge in [-0.1, -0.05) is 11.6 Å². The van der Waals surface area contributed by atoms with E-state index in [0.29, 0.717) is 30.2 Å². The van der Waals surface area contributed by atoms with Crippen molar-refractivity contribution in [2.75, 3.05) is 13.1 Å². The van der Waals surface area contributed by atoms with Crippen molar-refractivity contribution in [2.45, 2.75) is 6.54 Å². The van der Waals surface area contributed by atoms with Gasteiger partial charge in [-0.2, -0.15) is 0 Å². The van der Waals surface area contributed by atoms with Crippen molar-refractivity contribution in [3.63, 3.8) is 0 Å². The molecule has 0 radical (unpaired) electrons. The maximum absolute atomic E-state index is 13.1. The van der Waals surface area contributed by atoms with Crippen LogP contribution in [0.2, 0.25) is 5.02 Å². The summed E-state index contributed by atoms with van der Waals surface area (Å²) in [5.74, 6) is -0.242. The molecule has 1 aromatic carbocycles. The number of hydrogen-bond donors (Lipinski definition) is 2. The topological polar surface area (TPSA) is 38.0 Å². The Labute approximate surface area is 81.9 Å². The van der Waals surface area contributed by atoms with Crippen molar-refractivity contribution < 1.29 is 4.39 Å². The highest BCUT2D eigenvalue weighted by atomic mass is 35.5. The van der Waals surface area contributed by atoms with Crippen molar-refractivity contribution >= 4 is 11.6 Å². The Kier molecular flexibility index (Phi) is 4.15. The standard InChI is InChI=1S/C9H12ClFN2/c10-8-1-2-9(11)7(5-8)6-13-4-3-12/h1-2,5,13H,3-4,6,12H2. The number of rotatable bonds is 4. The zero-order valence-electron chi connectivity index (χ0n) is 7.19. The maximum Gasteiger partial charge on any atom is 0.127 e. The first-order valence-electron chi connectivity index (χ1n) is 4.08. The van der Waals surface area contributed by atoms with Crippen molar-refractivity contribution in [2.24, 2.45) is 5.73 Å². The van der Waals surface area contributed by atoms with Gasteiger partial charge in [0, 0.05) is 30.2 Å². The number of halogens is 2. The molecule has 2 nitrogen and oxygen atoms in total. The van der Waals surface area contributed by atoms with Crippen LogP contribution in [-0.2, 0) is 6.54 Å². The van der Waals surface area contributed by atoms with E-state index in [9.17, 15) is 4.39 Å². The minimum atomic E-state index is -0.242. The van der Waals surface area contributed by atoms with Gasteiger partial charge in [-0.3, -0.25) is 0 Å². The van der Waals surface area contributed by atoms with Crippen LogP contribution in [0.1, 0.15) is 5.56 Å². The van der Waals surface area contributed by atoms with E-state index in [1.165, 1.54) is 12.1 Å². The third-order valence-corrected chi connectivity index (χ3v) is 1.88. The summed E-state index contributed by atoms with van der Waals surface area (Å²) in [5, 5.41) is 3.54. The Morgan fingerprint density at radius 2 is 2.23 bits per heavy atom. The van der Waals surface area contributed by atoms with E-state index >= 15 is 0 Å². The smallest absolute Gasteiger partial charge is 0.127 e. The molecular formula is C9H12ClFN2. The lowest BCUT2D eigenvalue weighted by Crippen LogP contribution is -2.22. The summed E-state index contributed by atoms with van der Waals surface area (Å²) in [6.07, 6.45) is 0. The molecule has 0 bridgehead atoms. The number of hydrogen-bond acceptors (Lipinski definition) is 2.